The van der Waals surface area contributed by atoms with E-state index in [9.17, 15) is 14.4 Å². The number of esters is 2. The number of carbonyl (C=O) groups excluding carboxylic acids is 3. The number of methoxy groups -OCH3 is 2. The van der Waals surface area contributed by atoms with Crippen LogP contribution in [-0.2, 0) is 25.6 Å². The molecule has 5 N–H and O–H groups in total. The summed E-state index contributed by atoms with van der Waals surface area (Å²) in [6.45, 7) is 1.23. The smallest absolute Gasteiger partial charge is 0.328 e. The number of anilines is 3. The molecule has 0 radical (unpaired) electrons. The van der Waals surface area contributed by atoms with Gasteiger partial charge in [0.2, 0.25) is 5.95 Å². The minimum absolute atomic E-state index is 0.0398. The van der Waals surface area contributed by atoms with Crippen LogP contribution in [0.2, 0.25) is 0 Å². The topological polar surface area (TPSA) is 189 Å². The number of hydrogen-bond donors (Lipinski definition) is 3. The Morgan fingerprint density at radius 3 is 2.65 bits per heavy atom. The first-order valence-corrected chi connectivity index (χ1v) is 19.2. The molecule has 0 fully saturated rings. The van der Waals surface area contributed by atoms with E-state index >= 15 is 0 Å². The maximum Gasteiger partial charge on any atom is 0.328 e. The van der Waals surface area contributed by atoms with E-state index in [1.807, 2.05) is 6.07 Å². The molecule has 3 heterocycles. The van der Waals surface area contributed by atoms with E-state index in [0.29, 0.717) is 35.4 Å². The van der Waals surface area contributed by atoms with Crippen molar-refractivity contribution in [1.82, 2.24) is 25.3 Å². The second-order valence-electron chi connectivity index (χ2n) is 8.47. The van der Waals surface area contributed by atoms with Crippen molar-refractivity contribution >= 4 is 95.5 Å². The highest BCUT2D eigenvalue weighted by Crippen LogP contribution is 2.36. The van der Waals surface area contributed by atoms with Gasteiger partial charge in [0.25, 0.3) is 5.91 Å². The number of carbonyl (C=O) groups is 3. The molecule has 1 unspecified atom stereocenters. The Morgan fingerprint density at radius 1 is 1.15 bits per heavy atom. The summed E-state index contributed by atoms with van der Waals surface area (Å²) in [4.78, 5) is 56.5. The molecule has 0 saturated heterocycles. The summed E-state index contributed by atoms with van der Waals surface area (Å²) in [6.07, 6.45) is 2.38. The lowest BCUT2D eigenvalue weighted by Gasteiger charge is -2.31. The number of thioether (sulfide) groups is 1. The van der Waals surface area contributed by atoms with Crippen molar-refractivity contribution in [3.8, 4) is 0 Å². The number of ether oxygens (including phenoxy) is 2. The molecule has 1 aliphatic rings. The van der Waals surface area contributed by atoms with Crippen LogP contribution >= 0.6 is 49.0 Å². The standard InChI is InChI=1S/C24H28N8O5S.I2/c1-36-18(33)5-3-4-15(23(35)37-2)29-22(34)13-6-7-16-17(10-13)38-9-8-32(16)12-14-11-27-21-19(28-14)20(25)30-24(26)31-21;1-2/h6-7,10-11,15H,3-5,8-9,12H2,1-2H3,(H,29,34)(H4,25,26,27,30,31);. The summed E-state index contributed by atoms with van der Waals surface area (Å²) >= 11 is 5.88. The minimum Gasteiger partial charge on any atom is -0.469 e. The minimum atomic E-state index is -0.879. The van der Waals surface area contributed by atoms with Gasteiger partial charge >= 0.3 is 11.9 Å². The quantitative estimate of drug-likeness (QED) is 0.212. The van der Waals surface area contributed by atoms with Crippen molar-refractivity contribution in [1.29, 1.82) is 0 Å². The lowest BCUT2D eigenvalue weighted by atomic mass is 10.1. The number of amides is 1. The Kier molecular flexibility index (Phi) is 12.2. The number of nitrogen functional groups attached to an aromatic ring is 2. The van der Waals surface area contributed by atoms with Gasteiger partial charge in [0, 0.05) is 66.4 Å². The summed E-state index contributed by atoms with van der Waals surface area (Å²) in [5.74, 6) is -0.354. The van der Waals surface area contributed by atoms with Crippen molar-refractivity contribution in [2.45, 2.75) is 36.7 Å². The largest absolute Gasteiger partial charge is 0.469 e. The van der Waals surface area contributed by atoms with Gasteiger partial charge in [0.05, 0.1) is 38.3 Å². The lowest BCUT2D eigenvalue weighted by Crippen LogP contribution is -2.41. The van der Waals surface area contributed by atoms with Crippen LogP contribution in [0.3, 0.4) is 0 Å². The van der Waals surface area contributed by atoms with Crippen LogP contribution in [0, 0.1) is 0 Å². The molecule has 40 heavy (non-hydrogen) atoms. The lowest BCUT2D eigenvalue weighted by molar-refractivity contribution is -0.144. The molecule has 0 saturated carbocycles. The molecule has 214 valence electrons. The number of nitrogens with zero attached hydrogens (tertiary/aromatic N) is 5. The van der Waals surface area contributed by atoms with Crippen molar-refractivity contribution in [3.63, 3.8) is 0 Å². The van der Waals surface area contributed by atoms with Gasteiger partial charge < -0.3 is 31.2 Å². The Morgan fingerprint density at radius 2 is 1.93 bits per heavy atom. The van der Waals surface area contributed by atoms with Gasteiger partial charge in [-0.15, -0.1) is 11.8 Å². The number of hydrogen-bond acceptors (Lipinski definition) is 13. The average molecular weight is 794 g/mol. The molecule has 0 spiro atoms. The highest BCUT2D eigenvalue weighted by atomic mass is 128. The summed E-state index contributed by atoms with van der Waals surface area (Å²) < 4.78 is 9.45. The molecular formula is C24H28I2N8O5S. The predicted octanol–water partition coefficient (Wildman–Crippen LogP) is 3.08. The second-order valence-corrected chi connectivity index (χ2v) is 9.61. The zero-order valence-electron chi connectivity index (χ0n) is 21.7. The molecule has 0 bridgehead atoms. The van der Waals surface area contributed by atoms with Gasteiger partial charge in [0.1, 0.15) is 6.04 Å². The van der Waals surface area contributed by atoms with E-state index in [1.54, 1.807) is 30.1 Å². The van der Waals surface area contributed by atoms with Crippen LogP contribution in [-0.4, -0.2) is 70.3 Å². The molecule has 16 heteroatoms. The van der Waals surface area contributed by atoms with Gasteiger partial charge in [-0.2, -0.15) is 9.97 Å². The maximum absolute atomic E-state index is 13.0. The van der Waals surface area contributed by atoms with E-state index < -0.39 is 17.9 Å². The average Bonchev–Trinajstić information content (AvgIpc) is 2.97. The molecule has 0 aliphatic carbocycles. The third-order valence-electron chi connectivity index (χ3n) is 5.93. The Hall–Kier alpha value is -2.74. The first kappa shape index (κ1) is 31.8. The molecule has 13 nitrogen and oxygen atoms in total. The van der Waals surface area contributed by atoms with Crippen LogP contribution in [0.25, 0.3) is 11.2 Å². The Bertz CT molecular complexity index is 1380. The number of nitrogens with two attached hydrogens (primary N) is 2. The van der Waals surface area contributed by atoms with Gasteiger partial charge in [-0.05, 0) is 31.0 Å². The van der Waals surface area contributed by atoms with Crippen LogP contribution in [0.4, 0.5) is 17.5 Å². The van der Waals surface area contributed by atoms with Gasteiger partial charge in [-0.25, -0.2) is 14.8 Å². The summed E-state index contributed by atoms with van der Waals surface area (Å²) in [5.41, 5.74) is 14.4. The molecule has 1 aliphatic heterocycles. The number of fused-ring (bicyclic) bond motifs is 2. The number of aromatic nitrogens is 4. The highest BCUT2D eigenvalue weighted by Gasteiger charge is 2.24. The summed E-state index contributed by atoms with van der Waals surface area (Å²) in [6, 6.07) is 4.49. The molecular weight excluding hydrogens is 766 g/mol. The van der Waals surface area contributed by atoms with Crippen LogP contribution in [0.5, 0.6) is 0 Å². The summed E-state index contributed by atoms with van der Waals surface area (Å²) in [7, 11) is 2.55. The monoisotopic (exact) mass is 794 g/mol. The molecule has 2 aromatic heterocycles. The molecule has 1 atom stereocenters. The predicted molar refractivity (Wildman–Crippen MR) is 169 cm³/mol. The zero-order chi connectivity index (χ0) is 29.2. The van der Waals surface area contributed by atoms with E-state index in [4.69, 9.17) is 16.2 Å². The second kappa shape index (κ2) is 15.3. The van der Waals surface area contributed by atoms with E-state index in [1.165, 1.54) is 14.2 Å². The van der Waals surface area contributed by atoms with Gasteiger partial charge in [-0.3, -0.25) is 9.59 Å². The number of rotatable bonds is 9. The van der Waals surface area contributed by atoms with Gasteiger partial charge in [-0.1, -0.05) is 0 Å². The van der Waals surface area contributed by atoms with Crippen molar-refractivity contribution in [2.75, 3.05) is 42.9 Å². The first-order chi connectivity index (χ1) is 19.3. The zero-order valence-corrected chi connectivity index (χ0v) is 26.9. The Labute approximate surface area is 258 Å². The van der Waals surface area contributed by atoms with E-state index in [-0.39, 0.29) is 30.6 Å². The highest BCUT2D eigenvalue weighted by molar-refractivity contribution is 15.0. The first-order valence-electron chi connectivity index (χ1n) is 11.9. The fourth-order valence-corrected chi connectivity index (χ4v) is 5.11. The normalized spacial score (nSPS) is 12.9. The van der Waals surface area contributed by atoms with E-state index in [0.717, 1.165) is 22.9 Å². The van der Waals surface area contributed by atoms with E-state index in [2.05, 4.69) is 72.1 Å². The maximum atomic E-state index is 13.0. The molecule has 3 aromatic rings. The number of nitrogens with one attached hydrogen (secondary N) is 1. The number of benzene rings is 1. The van der Waals surface area contributed by atoms with Crippen molar-refractivity contribution in [2.24, 2.45) is 0 Å². The van der Waals surface area contributed by atoms with Crippen LogP contribution in [0.1, 0.15) is 35.3 Å². The Balaban J connectivity index is 0.00000216. The van der Waals surface area contributed by atoms with Crippen molar-refractivity contribution in [3.05, 3.63) is 35.7 Å². The molecule has 4 rings (SSSR count). The fraction of sp³-hybridized carbons (Fsp3) is 0.375. The van der Waals surface area contributed by atoms with Crippen LogP contribution < -0.4 is 21.7 Å². The third-order valence-corrected chi connectivity index (χ3v) is 6.95. The molecule has 1 aromatic carbocycles. The fourth-order valence-electron chi connectivity index (χ4n) is 4.02. The molecule has 1 amide bonds. The third kappa shape index (κ3) is 8.15. The SMILES string of the molecule is COC(=O)CCCC(NC(=O)c1ccc2c(c1)SCCN2Cc1cnc2nc(N)nc(N)c2n1)C(=O)OC.II. The van der Waals surface area contributed by atoms with Crippen molar-refractivity contribution < 1.29 is 23.9 Å². The number of halogens is 2. The summed E-state index contributed by atoms with van der Waals surface area (Å²) in [5, 5.41) is 2.72. The van der Waals surface area contributed by atoms with Gasteiger partial charge in [0.15, 0.2) is 17.0 Å². The van der Waals surface area contributed by atoms with Crippen LogP contribution in [0.15, 0.2) is 29.3 Å².